The van der Waals surface area contributed by atoms with Gasteiger partial charge >= 0.3 is 0 Å². The predicted molar refractivity (Wildman–Crippen MR) is 124 cm³/mol. The number of fused-ring (bicyclic) bond motifs is 1. The Bertz CT molecular complexity index is 1440. The Balaban J connectivity index is 1.51. The molecule has 5 rings (SSSR count). The van der Waals surface area contributed by atoms with Crippen LogP contribution in [0.15, 0.2) is 47.1 Å². The molecule has 1 amide bonds. The van der Waals surface area contributed by atoms with Crippen molar-refractivity contribution >= 4 is 43.9 Å². The van der Waals surface area contributed by atoms with Crippen molar-refractivity contribution in [2.45, 2.75) is 11.8 Å². The zero-order valence-corrected chi connectivity index (χ0v) is 19.2. The largest absolute Gasteiger partial charge is 0.379 e. The second-order valence-electron chi connectivity index (χ2n) is 7.49. The molecular formula is C21H20N6O4S2. The van der Waals surface area contributed by atoms with Crippen molar-refractivity contribution in [3.8, 4) is 11.1 Å². The molecule has 0 aliphatic carbocycles. The van der Waals surface area contributed by atoms with Crippen molar-refractivity contribution in [2.24, 2.45) is 0 Å². The van der Waals surface area contributed by atoms with Crippen molar-refractivity contribution in [3.63, 3.8) is 0 Å². The van der Waals surface area contributed by atoms with Crippen LogP contribution in [0, 0.1) is 6.92 Å². The molecule has 1 aliphatic heterocycles. The standard InChI is InChI=1S/C21H20N6O4S2/c1-13-24-20(12-32-13)21(28)25-18-7-14(8-19-17(18)11-23-26-19)15-6-16(10-22-9-15)33(29,30)27-2-4-31-5-3-27/h6-12H,2-5H2,1H3,(H,23,26)(H,25,28). The smallest absolute Gasteiger partial charge is 0.275 e. The zero-order chi connectivity index (χ0) is 23.0. The summed E-state index contributed by atoms with van der Waals surface area (Å²) in [5, 5.41) is 13.1. The minimum absolute atomic E-state index is 0.107. The Hall–Kier alpha value is -3.19. The number of carbonyl (C=O) groups is 1. The molecule has 12 heteroatoms. The van der Waals surface area contributed by atoms with Gasteiger partial charge in [0.1, 0.15) is 10.6 Å². The van der Waals surface area contributed by atoms with Crippen molar-refractivity contribution in [2.75, 3.05) is 31.6 Å². The number of nitrogens with zero attached hydrogens (tertiary/aromatic N) is 4. The number of pyridine rings is 1. The van der Waals surface area contributed by atoms with Gasteiger partial charge in [0.05, 0.1) is 35.6 Å². The maximum atomic E-state index is 13.1. The van der Waals surface area contributed by atoms with Gasteiger partial charge in [0.25, 0.3) is 5.91 Å². The first kappa shape index (κ1) is 21.6. The minimum Gasteiger partial charge on any atom is -0.379 e. The summed E-state index contributed by atoms with van der Waals surface area (Å²) in [6, 6.07) is 5.20. The van der Waals surface area contributed by atoms with Crippen molar-refractivity contribution < 1.29 is 17.9 Å². The lowest BCUT2D eigenvalue weighted by atomic mass is 10.0. The van der Waals surface area contributed by atoms with Crippen LogP contribution in [-0.2, 0) is 14.8 Å². The van der Waals surface area contributed by atoms with Crippen LogP contribution in [0.4, 0.5) is 5.69 Å². The third-order valence-electron chi connectivity index (χ3n) is 5.31. The number of hydrogen-bond acceptors (Lipinski definition) is 8. The number of benzene rings is 1. The van der Waals surface area contributed by atoms with E-state index in [2.05, 4.69) is 25.5 Å². The van der Waals surface area contributed by atoms with Gasteiger partial charge in [-0.25, -0.2) is 13.4 Å². The van der Waals surface area contributed by atoms with E-state index in [1.807, 2.05) is 13.0 Å². The molecule has 0 radical (unpaired) electrons. The van der Waals surface area contributed by atoms with Gasteiger partial charge in [-0.05, 0) is 30.7 Å². The van der Waals surface area contributed by atoms with Crippen LogP contribution in [0.25, 0.3) is 22.0 Å². The van der Waals surface area contributed by atoms with Crippen LogP contribution in [-0.4, -0.2) is 65.1 Å². The fourth-order valence-electron chi connectivity index (χ4n) is 3.63. The van der Waals surface area contributed by atoms with Gasteiger partial charge in [-0.2, -0.15) is 9.40 Å². The molecule has 4 aromatic rings. The first-order chi connectivity index (χ1) is 15.9. The topological polar surface area (TPSA) is 130 Å². The number of ether oxygens (including phenoxy) is 1. The lowest BCUT2D eigenvalue weighted by Crippen LogP contribution is -2.40. The Morgan fingerprint density at radius 3 is 2.73 bits per heavy atom. The highest BCUT2D eigenvalue weighted by Crippen LogP contribution is 2.31. The molecule has 0 atom stereocenters. The van der Waals surface area contributed by atoms with Gasteiger partial charge in [-0.1, -0.05) is 0 Å². The highest BCUT2D eigenvalue weighted by Gasteiger charge is 2.27. The normalized spacial score (nSPS) is 15.1. The number of aryl methyl sites for hydroxylation is 1. The number of amides is 1. The lowest BCUT2D eigenvalue weighted by Gasteiger charge is -2.26. The summed E-state index contributed by atoms with van der Waals surface area (Å²) in [5.41, 5.74) is 2.84. The molecule has 1 saturated heterocycles. The number of carbonyl (C=O) groups excluding carboxylic acids is 1. The number of aromatic amines is 1. The number of hydrogen-bond donors (Lipinski definition) is 2. The molecule has 1 aliphatic rings. The zero-order valence-electron chi connectivity index (χ0n) is 17.6. The van der Waals surface area contributed by atoms with Gasteiger partial charge in [0.15, 0.2) is 0 Å². The average Bonchev–Trinajstić information content (AvgIpc) is 3.49. The van der Waals surface area contributed by atoms with Crippen LogP contribution in [0.3, 0.4) is 0 Å². The van der Waals surface area contributed by atoms with Crippen LogP contribution in [0.5, 0.6) is 0 Å². The molecule has 33 heavy (non-hydrogen) atoms. The Kier molecular flexibility index (Phi) is 5.66. The van der Waals surface area contributed by atoms with Gasteiger partial charge in [0.2, 0.25) is 10.0 Å². The van der Waals surface area contributed by atoms with Crippen molar-refractivity contribution in [1.29, 1.82) is 0 Å². The van der Waals surface area contributed by atoms with Crippen LogP contribution < -0.4 is 5.32 Å². The Morgan fingerprint density at radius 1 is 1.15 bits per heavy atom. The van der Waals surface area contributed by atoms with E-state index in [1.165, 1.54) is 21.8 Å². The summed E-state index contributed by atoms with van der Waals surface area (Å²) in [4.78, 5) is 21.2. The molecule has 1 aromatic carbocycles. The summed E-state index contributed by atoms with van der Waals surface area (Å²) in [5.74, 6) is -0.333. The number of thiazole rings is 1. The molecule has 0 saturated carbocycles. The Morgan fingerprint density at radius 2 is 1.97 bits per heavy atom. The first-order valence-corrected chi connectivity index (χ1v) is 12.5. The number of sulfonamides is 1. The van der Waals surface area contributed by atoms with E-state index in [0.29, 0.717) is 54.3 Å². The lowest BCUT2D eigenvalue weighted by molar-refractivity contribution is 0.0730. The predicted octanol–water partition coefficient (Wildman–Crippen LogP) is 2.66. The van der Waals surface area contributed by atoms with Crippen molar-refractivity contribution in [3.05, 3.63) is 52.9 Å². The van der Waals surface area contributed by atoms with E-state index in [9.17, 15) is 13.2 Å². The number of nitrogens with one attached hydrogen (secondary N) is 2. The molecule has 4 heterocycles. The monoisotopic (exact) mass is 484 g/mol. The average molecular weight is 485 g/mol. The summed E-state index contributed by atoms with van der Waals surface area (Å²) < 4.78 is 32.8. The quantitative estimate of drug-likeness (QED) is 0.445. The van der Waals surface area contributed by atoms with Crippen LogP contribution >= 0.6 is 11.3 Å². The minimum atomic E-state index is -3.69. The van der Waals surface area contributed by atoms with Gasteiger partial charge in [-0.3, -0.25) is 14.9 Å². The fraction of sp³-hybridized carbons (Fsp3) is 0.238. The molecule has 2 N–H and O–H groups in total. The van der Waals surface area contributed by atoms with Gasteiger partial charge in [-0.15, -0.1) is 11.3 Å². The third kappa shape index (κ3) is 4.25. The van der Waals surface area contributed by atoms with E-state index < -0.39 is 10.0 Å². The van der Waals surface area contributed by atoms with Crippen LogP contribution in [0.1, 0.15) is 15.5 Å². The summed E-state index contributed by atoms with van der Waals surface area (Å²) in [6.07, 6.45) is 4.56. The Labute approximate surface area is 193 Å². The fourth-order valence-corrected chi connectivity index (χ4v) is 5.62. The molecular weight excluding hydrogens is 464 g/mol. The van der Waals surface area contributed by atoms with E-state index in [0.717, 1.165) is 10.4 Å². The SMILES string of the molecule is Cc1nc(C(=O)Nc2cc(-c3cncc(S(=O)(=O)N4CCOCC4)c3)cc3[nH]ncc23)cs1. The maximum absolute atomic E-state index is 13.1. The highest BCUT2D eigenvalue weighted by atomic mass is 32.2. The molecule has 170 valence electrons. The molecule has 0 bridgehead atoms. The number of H-pyrrole nitrogens is 1. The number of morpholine rings is 1. The summed E-state index contributed by atoms with van der Waals surface area (Å²) in [6.45, 7) is 3.17. The summed E-state index contributed by atoms with van der Waals surface area (Å²) >= 11 is 1.40. The van der Waals surface area contributed by atoms with E-state index in [-0.39, 0.29) is 10.8 Å². The summed E-state index contributed by atoms with van der Waals surface area (Å²) in [7, 11) is -3.69. The maximum Gasteiger partial charge on any atom is 0.275 e. The van der Waals surface area contributed by atoms with Crippen molar-refractivity contribution in [1.82, 2.24) is 24.5 Å². The molecule has 1 fully saturated rings. The van der Waals surface area contributed by atoms with Crippen LogP contribution in [0.2, 0.25) is 0 Å². The second-order valence-corrected chi connectivity index (χ2v) is 10.5. The third-order valence-corrected chi connectivity index (χ3v) is 7.95. The number of anilines is 1. The van der Waals surface area contributed by atoms with Gasteiger partial charge in [0, 0.05) is 41.8 Å². The van der Waals surface area contributed by atoms with Gasteiger partial charge < -0.3 is 10.1 Å². The highest BCUT2D eigenvalue weighted by molar-refractivity contribution is 7.89. The molecule has 10 nitrogen and oxygen atoms in total. The second kappa shape index (κ2) is 8.63. The van der Waals surface area contributed by atoms with E-state index in [4.69, 9.17) is 4.74 Å². The van der Waals surface area contributed by atoms with E-state index >= 15 is 0 Å². The molecule has 3 aromatic heterocycles. The van der Waals surface area contributed by atoms with E-state index in [1.54, 1.807) is 29.9 Å². The molecule has 0 unspecified atom stereocenters. The first-order valence-electron chi connectivity index (χ1n) is 10.2. The number of aromatic nitrogens is 4. The molecule has 0 spiro atoms. The number of rotatable bonds is 5.